The number of piperazine rings is 1. The third-order valence-corrected chi connectivity index (χ3v) is 4.81. The Kier molecular flexibility index (Phi) is 3.53. The first-order chi connectivity index (χ1) is 11.6. The Morgan fingerprint density at radius 3 is 2.67 bits per heavy atom. The van der Waals surface area contributed by atoms with Crippen LogP contribution >= 0.6 is 11.3 Å². The zero-order chi connectivity index (χ0) is 16.7. The summed E-state index contributed by atoms with van der Waals surface area (Å²) in [5.41, 5.74) is 0. The minimum Gasteiger partial charge on any atom is -0.358 e. The quantitative estimate of drug-likeness (QED) is 0.527. The predicted molar refractivity (Wildman–Crippen MR) is 90.9 cm³/mol. The maximum atomic E-state index is 11.5. The van der Waals surface area contributed by atoms with Crippen molar-refractivity contribution in [1.82, 2.24) is 19.4 Å². The summed E-state index contributed by atoms with van der Waals surface area (Å²) in [4.78, 5) is 28.9. The summed E-state index contributed by atoms with van der Waals surface area (Å²) in [5.74, 6) is 2.12. The first kappa shape index (κ1) is 14.8. The number of thiazole rings is 1. The van der Waals surface area contributed by atoms with Crippen LogP contribution < -0.4 is 9.80 Å². The second-order valence-electron chi connectivity index (χ2n) is 5.51. The standard InChI is InChI=1S/C14H15N7O2S/c1-10-15-3-2-11(16-10)18-4-6-19(7-5-18)12-13(21(22)23)20-8-9-24-14(20)17-12/h2-3,8-9H,4-7H2,1H3. The van der Waals surface area contributed by atoms with Gasteiger partial charge in [-0.05, 0) is 17.9 Å². The van der Waals surface area contributed by atoms with Gasteiger partial charge in [-0.1, -0.05) is 11.3 Å². The highest BCUT2D eigenvalue weighted by Gasteiger charge is 2.30. The van der Waals surface area contributed by atoms with Crippen LogP contribution in [0.3, 0.4) is 0 Å². The van der Waals surface area contributed by atoms with Crippen LogP contribution in [0.25, 0.3) is 4.96 Å². The summed E-state index contributed by atoms with van der Waals surface area (Å²) < 4.78 is 1.54. The van der Waals surface area contributed by atoms with Crippen molar-refractivity contribution in [3.8, 4) is 0 Å². The van der Waals surface area contributed by atoms with Gasteiger partial charge in [0.05, 0.1) is 0 Å². The lowest BCUT2D eigenvalue weighted by molar-refractivity contribution is -0.389. The number of imidazole rings is 1. The van der Waals surface area contributed by atoms with Crippen molar-refractivity contribution < 1.29 is 4.92 Å². The van der Waals surface area contributed by atoms with Crippen molar-refractivity contribution in [3.63, 3.8) is 0 Å². The molecule has 0 aromatic carbocycles. The summed E-state index contributed by atoms with van der Waals surface area (Å²) in [6, 6.07) is 1.89. The zero-order valence-corrected chi connectivity index (χ0v) is 13.8. The monoisotopic (exact) mass is 345 g/mol. The van der Waals surface area contributed by atoms with Gasteiger partial charge in [-0.2, -0.15) is 9.38 Å². The Labute approximate surface area is 141 Å². The molecule has 24 heavy (non-hydrogen) atoms. The highest BCUT2D eigenvalue weighted by Crippen LogP contribution is 2.31. The van der Waals surface area contributed by atoms with Gasteiger partial charge < -0.3 is 19.9 Å². The fraction of sp³-hybridized carbons (Fsp3) is 0.357. The fourth-order valence-electron chi connectivity index (χ4n) is 2.91. The summed E-state index contributed by atoms with van der Waals surface area (Å²) in [6.07, 6.45) is 3.44. The second-order valence-corrected chi connectivity index (χ2v) is 6.38. The topological polar surface area (TPSA) is 92.7 Å². The van der Waals surface area contributed by atoms with Gasteiger partial charge in [-0.15, -0.1) is 0 Å². The third kappa shape index (κ3) is 2.44. The van der Waals surface area contributed by atoms with E-state index in [0.29, 0.717) is 23.9 Å². The lowest BCUT2D eigenvalue weighted by Crippen LogP contribution is -2.47. The molecule has 0 N–H and O–H groups in total. The summed E-state index contributed by atoms with van der Waals surface area (Å²) in [7, 11) is 0. The first-order valence-electron chi connectivity index (χ1n) is 7.53. The molecule has 0 bridgehead atoms. The molecular weight excluding hydrogens is 330 g/mol. The molecule has 0 unspecified atom stereocenters. The summed E-state index contributed by atoms with van der Waals surface area (Å²) in [5, 5.41) is 13.3. The molecule has 0 atom stereocenters. The van der Waals surface area contributed by atoms with Gasteiger partial charge >= 0.3 is 5.82 Å². The molecule has 0 spiro atoms. The molecule has 1 aliphatic rings. The molecule has 3 aromatic rings. The lowest BCUT2D eigenvalue weighted by Gasteiger charge is -2.35. The molecular formula is C14H15N7O2S. The van der Waals surface area contributed by atoms with Crippen molar-refractivity contribution in [2.24, 2.45) is 0 Å². The molecule has 1 aliphatic heterocycles. The molecule has 9 nitrogen and oxygen atoms in total. The third-order valence-electron chi connectivity index (χ3n) is 4.06. The second kappa shape index (κ2) is 5.71. The zero-order valence-electron chi connectivity index (χ0n) is 13.0. The number of hydrogen-bond acceptors (Lipinski definition) is 8. The van der Waals surface area contributed by atoms with Crippen LogP contribution in [0.1, 0.15) is 5.82 Å². The molecule has 1 saturated heterocycles. The molecule has 4 heterocycles. The molecule has 124 valence electrons. The predicted octanol–water partition coefficient (Wildman–Crippen LogP) is 1.73. The lowest BCUT2D eigenvalue weighted by atomic mass is 10.3. The maximum absolute atomic E-state index is 11.5. The van der Waals surface area contributed by atoms with E-state index in [2.05, 4.69) is 19.9 Å². The van der Waals surface area contributed by atoms with E-state index in [0.717, 1.165) is 24.7 Å². The number of nitrogens with zero attached hydrogens (tertiary/aromatic N) is 7. The SMILES string of the molecule is Cc1nccc(N2CCN(c3nc4sccn4c3[N+](=O)[O-])CC2)n1. The molecule has 4 rings (SSSR count). The maximum Gasteiger partial charge on any atom is 0.373 e. The summed E-state index contributed by atoms with van der Waals surface area (Å²) in [6.45, 7) is 4.65. The van der Waals surface area contributed by atoms with Crippen LogP contribution in [0.5, 0.6) is 0 Å². The Bertz CT molecular complexity index is 898. The number of aromatic nitrogens is 4. The van der Waals surface area contributed by atoms with Gasteiger partial charge in [0, 0.05) is 37.8 Å². The Balaban J connectivity index is 1.57. The molecule has 0 saturated carbocycles. The Hall–Kier alpha value is -2.75. The van der Waals surface area contributed by atoms with Crippen LogP contribution in [-0.4, -0.2) is 50.5 Å². The van der Waals surface area contributed by atoms with Crippen LogP contribution in [0.15, 0.2) is 23.8 Å². The number of nitro groups is 1. The van der Waals surface area contributed by atoms with Gasteiger partial charge in [0.25, 0.3) is 4.96 Å². The molecule has 0 amide bonds. The van der Waals surface area contributed by atoms with E-state index in [1.165, 1.54) is 11.3 Å². The summed E-state index contributed by atoms with van der Waals surface area (Å²) >= 11 is 1.40. The van der Waals surface area contributed by atoms with Gasteiger partial charge in [-0.3, -0.25) is 0 Å². The van der Waals surface area contributed by atoms with E-state index in [4.69, 9.17) is 0 Å². The normalized spacial score (nSPS) is 15.2. The minimum atomic E-state index is -0.359. The molecule has 3 aromatic heterocycles. The van der Waals surface area contributed by atoms with E-state index < -0.39 is 0 Å². The van der Waals surface area contributed by atoms with Crippen LogP contribution in [0.2, 0.25) is 0 Å². The number of anilines is 2. The Morgan fingerprint density at radius 1 is 1.21 bits per heavy atom. The highest BCUT2D eigenvalue weighted by molar-refractivity contribution is 7.15. The molecule has 1 fully saturated rings. The number of fused-ring (bicyclic) bond motifs is 1. The number of rotatable bonds is 3. The van der Waals surface area contributed by atoms with Crippen molar-refractivity contribution in [2.75, 3.05) is 36.0 Å². The molecule has 0 aliphatic carbocycles. The van der Waals surface area contributed by atoms with Crippen molar-refractivity contribution >= 4 is 33.8 Å². The number of hydrogen-bond donors (Lipinski definition) is 0. The average molecular weight is 345 g/mol. The van der Waals surface area contributed by atoms with E-state index in [9.17, 15) is 10.1 Å². The van der Waals surface area contributed by atoms with Gasteiger partial charge in [0.15, 0.2) is 0 Å². The first-order valence-corrected chi connectivity index (χ1v) is 8.41. The van der Waals surface area contributed by atoms with E-state index >= 15 is 0 Å². The van der Waals surface area contributed by atoms with Gasteiger partial charge in [0.1, 0.15) is 17.8 Å². The smallest absolute Gasteiger partial charge is 0.358 e. The largest absolute Gasteiger partial charge is 0.373 e. The van der Waals surface area contributed by atoms with Crippen LogP contribution in [-0.2, 0) is 0 Å². The molecule has 10 heteroatoms. The van der Waals surface area contributed by atoms with Gasteiger partial charge in [-0.25, -0.2) is 9.97 Å². The fourth-order valence-corrected chi connectivity index (χ4v) is 3.62. The van der Waals surface area contributed by atoms with E-state index in [1.807, 2.05) is 17.9 Å². The van der Waals surface area contributed by atoms with Crippen molar-refractivity contribution in [3.05, 3.63) is 39.8 Å². The van der Waals surface area contributed by atoms with Crippen LogP contribution in [0, 0.1) is 17.0 Å². The Morgan fingerprint density at radius 2 is 1.96 bits per heavy atom. The average Bonchev–Trinajstić information content (AvgIpc) is 3.15. The van der Waals surface area contributed by atoms with Crippen LogP contribution in [0.4, 0.5) is 17.5 Å². The van der Waals surface area contributed by atoms with E-state index in [1.54, 1.807) is 22.2 Å². The van der Waals surface area contributed by atoms with E-state index in [-0.39, 0.29) is 10.7 Å². The minimum absolute atomic E-state index is 0.0394. The number of aryl methyl sites for hydroxylation is 1. The van der Waals surface area contributed by atoms with Crippen molar-refractivity contribution in [2.45, 2.75) is 6.92 Å². The van der Waals surface area contributed by atoms with Gasteiger partial charge in [0.2, 0.25) is 5.82 Å². The molecule has 0 radical (unpaired) electrons. The highest BCUT2D eigenvalue weighted by atomic mass is 32.1. The van der Waals surface area contributed by atoms with Crippen molar-refractivity contribution in [1.29, 1.82) is 0 Å².